The van der Waals surface area contributed by atoms with Crippen LogP contribution in [0.1, 0.15) is 32.6 Å². The highest BCUT2D eigenvalue weighted by Gasteiger charge is 2.36. The smallest absolute Gasteiger partial charge is 0.242 e. The van der Waals surface area contributed by atoms with Gasteiger partial charge in [-0.3, -0.25) is 0 Å². The number of benzene rings is 1. The van der Waals surface area contributed by atoms with Crippen LogP contribution in [-0.4, -0.2) is 15.0 Å². The van der Waals surface area contributed by atoms with E-state index in [0.29, 0.717) is 6.54 Å². The van der Waals surface area contributed by atoms with Crippen LogP contribution in [0.5, 0.6) is 0 Å². The van der Waals surface area contributed by atoms with Crippen LogP contribution in [0.15, 0.2) is 21.5 Å². The number of sulfonamides is 1. The maximum Gasteiger partial charge on any atom is 0.242 e. The molecule has 0 unspecified atom stereocenters. The Morgan fingerprint density at radius 2 is 2.10 bits per heavy atom. The van der Waals surface area contributed by atoms with Gasteiger partial charge >= 0.3 is 0 Å². The minimum absolute atomic E-state index is 0.0685. The molecule has 3 N–H and O–H groups in total. The quantitative estimate of drug-likeness (QED) is 0.788. The summed E-state index contributed by atoms with van der Waals surface area (Å²) in [5.74, 6) is -0.578. The van der Waals surface area contributed by atoms with Gasteiger partial charge in [-0.05, 0) is 52.7 Å². The van der Waals surface area contributed by atoms with E-state index in [4.69, 9.17) is 5.73 Å². The molecule has 0 aromatic heterocycles. The summed E-state index contributed by atoms with van der Waals surface area (Å²) in [5.41, 5.74) is 5.60. The third kappa shape index (κ3) is 2.99. The van der Waals surface area contributed by atoms with Gasteiger partial charge in [0.05, 0.1) is 10.2 Å². The second-order valence-electron chi connectivity index (χ2n) is 5.34. The van der Waals surface area contributed by atoms with Gasteiger partial charge in [0.25, 0.3) is 0 Å². The SMILES string of the molecule is CCC1(CNS(=O)(=O)c2cc(Br)c(F)cc2N)CCC1. The molecule has 0 radical (unpaired) electrons. The fourth-order valence-corrected chi connectivity index (χ4v) is 4.22. The molecule has 7 heteroatoms. The average molecular weight is 365 g/mol. The number of rotatable bonds is 5. The van der Waals surface area contributed by atoms with Gasteiger partial charge in [-0.1, -0.05) is 13.3 Å². The van der Waals surface area contributed by atoms with E-state index >= 15 is 0 Å². The van der Waals surface area contributed by atoms with Crippen LogP contribution in [0.4, 0.5) is 10.1 Å². The van der Waals surface area contributed by atoms with Crippen molar-refractivity contribution in [2.24, 2.45) is 5.41 Å². The van der Waals surface area contributed by atoms with Crippen LogP contribution >= 0.6 is 15.9 Å². The first-order chi connectivity index (χ1) is 9.30. The van der Waals surface area contributed by atoms with Crippen molar-refractivity contribution in [3.8, 4) is 0 Å². The van der Waals surface area contributed by atoms with Crippen molar-refractivity contribution in [3.63, 3.8) is 0 Å². The third-order valence-electron chi connectivity index (χ3n) is 4.14. The normalized spacial score (nSPS) is 17.8. The van der Waals surface area contributed by atoms with E-state index in [-0.39, 0.29) is 20.5 Å². The van der Waals surface area contributed by atoms with Crippen molar-refractivity contribution < 1.29 is 12.8 Å². The minimum atomic E-state index is -3.72. The molecule has 0 atom stereocenters. The fraction of sp³-hybridized carbons (Fsp3) is 0.538. The molecule has 0 aliphatic heterocycles. The number of nitrogens with two attached hydrogens (primary N) is 1. The van der Waals surface area contributed by atoms with Crippen molar-refractivity contribution >= 4 is 31.6 Å². The summed E-state index contributed by atoms with van der Waals surface area (Å²) in [7, 11) is -3.72. The number of halogens is 2. The molecule has 1 aliphatic rings. The molecule has 112 valence electrons. The van der Waals surface area contributed by atoms with E-state index < -0.39 is 15.8 Å². The van der Waals surface area contributed by atoms with Gasteiger partial charge in [0, 0.05) is 6.54 Å². The van der Waals surface area contributed by atoms with E-state index in [2.05, 4.69) is 27.6 Å². The first-order valence-corrected chi connectivity index (χ1v) is 8.81. The van der Waals surface area contributed by atoms with Crippen LogP contribution in [0.25, 0.3) is 0 Å². The lowest BCUT2D eigenvalue weighted by atomic mass is 9.67. The van der Waals surface area contributed by atoms with E-state index in [1.807, 2.05) is 0 Å². The Morgan fingerprint density at radius 3 is 2.60 bits per heavy atom. The molecule has 0 amide bonds. The summed E-state index contributed by atoms with van der Waals surface area (Å²) in [5, 5.41) is 0. The molecule has 0 bridgehead atoms. The van der Waals surface area contributed by atoms with Crippen molar-refractivity contribution in [3.05, 3.63) is 22.4 Å². The second kappa shape index (κ2) is 5.61. The highest BCUT2D eigenvalue weighted by Crippen LogP contribution is 2.43. The maximum absolute atomic E-state index is 13.3. The molecule has 0 saturated heterocycles. The van der Waals surface area contributed by atoms with Crippen molar-refractivity contribution in [2.75, 3.05) is 12.3 Å². The monoisotopic (exact) mass is 364 g/mol. The van der Waals surface area contributed by atoms with Crippen molar-refractivity contribution in [1.82, 2.24) is 4.72 Å². The highest BCUT2D eigenvalue weighted by atomic mass is 79.9. The van der Waals surface area contributed by atoms with Gasteiger partial charge in [-0.2, -0.15) is 0 Å². The molecule has 0 spiro atoms. The second-order valence-corrected chi connectivity index (χ2v) is 7.93. The molecular weight excluding hydrogens is 347 g/mol. The number of nitrogen functional groups attached to an aromatic ring is 1. The van der Waals surface area contributed by atoms with E-state index in [1.54, 1.807) is 0 Å². The van der Waals surface area contributed by atoms with E-state index in [1.165, 1.54) is 6.07 Å². The van der Waals surface area contributed by atoms with E-state index in [0.717, 1.165) is 31.7 Å². The Hall–Kier alpha value is -0.660. The summed E-state index contributed by atoms with van der Waals surface area (Å²) in [6.45, 7) is 2.47. The molecule has 1 aliphatic carbocycles. The molecule has 0 heterocycles. The number of nitrogens with one attached hydrogen (secondary N) is 1. The maximum atomic E-state index is 13.3. The molecule has 1 aromatic carbocycles. The van der Waals surface area contributed by atoms with Gasteiger partial charge < -0.3 is 5.73 Å². The molecule has 20 heavy (non-hydrogen) atoms. The fourth-order valence-electron chi connectivity index (χ4n) is 2.43. The highest BCUT2D eigenvalue weighted by molar-refractivity contribution is 9.10. The Bertz CT molecular complexity index is 610. The summed E-state index contributed by atoms with van der Waals surface area (Å²) in [6, 6.07) is 2.21. The lowest BCUT2D eigenvalue weighted by Gasteiger charge is -2.41. The van der Waals surface area contributed by atoms with Gasteiger partial charge in [-0.15, -0.1) is 0 Å². The van der Waals surface area contributed by atoms with E-state index in [9.17, 15) is 12.8 Å². The zero-order valence-electron chi connectivity index (χ0n) is 11.2. The summed E-state index contributed by atoms with van der Waals surface area (Å²) in [6.07, 6.45) is 4.15. The first-order valence-electron chi connectivity index (χ1n) is 6.54. The van der Waals surface area contributed by atoms with Crippen LogP contribution in [0, 0.1) is 11.2 Å². The van der Waals surface area contributed by atoms with Gasteiger partial charge in [0.2, 0.25) is 10.0 Å². The van der Waals surface area contributed by atoms with Crippen LogP contribution < -0.4 is 10.5 Å². The predicted molar refractivity (Wildman–Crippen MR) is 80.3 cm³/mol. The van der Waals surface area contributed by atoms with Crippen LogP contribution in [0.3, 0.4) is 0 Å². The van der Waals surface area contributed by atoms with Crippen molar-refractivity contribution in [2.45, 2.75) is 37.5 Å². The van der Waals surface area contributed by atoms with Crippen LogP contribution in [0.2, 0.25) is 0 Å². The Morgan fingerprint density at radius 1 is 1.45 bits per heavy atom. The molecule has 1 aromatic rings. The molecule has 1 fully saturated rings. The Balaban J connectivity index is 2.20. The lowest BCUT2D eigenvalue weighted by molar-refractivity contribution is 0.133. The number of anilines is 1. The zero-order valence-corrected chi connectivity index (χ0v) is 13.7. The van der Waals surface area contributed by atoms with Gasteiger partial charge in [-0.25, -0.2) is 17.5 Å². The predicted octanol–water partition coefficient (Wildman–Crippen LogP) is 3.03. The van der Waals surface area contributed by atoms with Gasteiger partial charge in [0.15, 0.2) is 0 Å². The zero-order chi connectivity index (χ0) is 15.0. The minimum Gasteiger partial charge on any atom is -0.398 e. The third-order valence-corrected chi connectivity index (χ3v) is 6.21. The topological polar surface area (TPSA) is 72.2 Å². The number of hydrogen-bond donors (Lipinski definition) is 2. The van der Waals surface area contributed by atoms with Crippen LogP contribution in [-0.2, 0) is 10.0 Å². The molecule has 2 rings (SSSR count). The summed E-state index contributed by atoms with van der Waals surface area (Å²) >= 11 is 2.98. The standard InChI is InChI=1S/C13H18BrFN2O2S/c1-2-13(4-3-5-13)8-17-20(18,19)12-6-9(14)10(15)7-11(12)16/h6-7,17H,2-5,8,16H2,1H3. The Labute approximate surface area is 127 Å². The molecule has 1 saturated carbocycles. The first kappa shape index (κ1) is 15.7. The number of hydrogen-bond acceptors (Lipinski definition) is 3. The lowest BCUT2D eigenvalue weighted by Crippen LogP contribution is -2.41. The largest absolute Gasteiger partial charge is 0.398 e. The van der Waals surface area contributed by atoms with Gasteiger partial charge in [0.1, 0.15) is 10.7 Å². The van der Waals surface area contributed by atoms with Crippen molar-refractivity contribution in [1.29, 1.82) is 0 Å². The molecular formula is C13H18BrFN2O2S. The summed E-state index contributed by atoms with van der Waals surface area (Å²) < 4.78 is 40.6. The summed E-state index contributed by atoms with van der Waals surface area (Å²) in [4.78, 5) is -0.0867. The molecule has 4 nitrogen and oxygen atoms in total. The average Bonchev–Trinajstić information content (AvgIpc) is 2.32. The Kier molecular flexibility index (Phi) is 4.41.